The highest BCUT2D eigenvalue weighted by Gasteiger charge is 2.31. The molecular weight excluding hydrogens is 374 g/mol. The molecule has 30 heavy (non-hydrogen) atoms. The van der Waals surface area contributed by atoms with E-state index in [0.29, 0.717) is 6.42 Å². The van der Waals surface area contributed by atoms with E-state index in [2.05, 4.69) is 36.1 Å². The minimum atomic E-state index is -0.235. The van der Waals surface area contributed by atoms with Crippen LogP contribution in [-0.4, -0.2) is 52.7 Å². The van der Waals surface area contributed by atoms with Gasteiger partial charge < -0.3 is 9.80 Å². The lowest BCUT2D eigenvalue weighted by molar-refractivity contribution is -0.136. The highest BCUT2D eigenvalue weighted by molar-refractivity contribution is 5.82. The maximum Gasteiger partial charge on any atom is 0.225 e. The summed E-state index contributed by atoms with van der Waals surface area (Å²) >= 11 is 0. The maximum absolute atomic E-state index is 13.1. The molecule has 2 heterocycles. The van der Waals surface area contributed by atoms with Gasteiger partial charge in [0.1, 0.15) is 0 Å². The normalized spacial score (nSPS) is 18.9. The zero-order valence-corrected chi connectivity index (χ0v) is 17.8. The van der Waals surface area contributed by atoms with Crippen molar-refractivity contribution in [3.05, 3.63) is 77.0 Å². The van der Waals surface area contributed by atoms with Crippen LogP contribution >= 0.6 is 0 Å². The minimum absolute atomic E-state index is 0.0402. The molecule has 2 amide bonds. The summed E-state index contributed by atoms with van der Waals surface area (Å²) in [7, 11) is 0. The van der Waals surface area contributed by atoms with Crippen molar-refractivity contribution < 1.29 is 9.59 Å². The number of nitrogens with zero attached hydrogens (tertiary/aromatic N) is 3. The fraction of sp³-hybridized carbons (Fsp3) is 0.360. The van der Waals surface area contributed by atoms with Crippen LogP contribution in [0.1, 0.15) is 41.6 Å². The van der Waals surface area contributed by atoms with Crippen molar-refractivity contribution in [1.82, 2.24) is 14.7 Å². The molecule has 0 saturated carbocycles. The van der Waals surface area contributed by atoms with Gasteiger partial charge in [-0.15, -0.1) is 0 Å². The number of amides is 2. The zero-order chi connectivity index (χ0) is 21.1. The molecule has 5 nitrogen and oxygen atoms in total. The number of aryl methyl sites for hydroxylation is 1. The van der Waals surface area contributed by atoms with Crippen LogP contribution in [0.3, 0.4) is 0 Å². The molecule has 0 aromatic heterocycles. The van der Waals surface area contributed by atoms with E-state index in [1.807, 2.05) is 41.4 Å². The highest BCUT2D eigenvalue weighted by Crippen LogP contribution is 2.33. The molecule has 1 saturated heterocycles. The summed E-state index contributed by atoms with van der Waals surface area (Å²) in [5.74, 6) is 0.0773. The van der Waals surface area contributed by atoms with Gasteiger partial charge in [-0.3, -0.25) is 14.5 Å². The number of hydrogen-bond donors (Lipinski definition) is 0. The summed E-state index contributed by atoms with van der Waals surface area (Å²) in [6, 6.07) is 16.2. The first-order valence-corrected chi connectivity index (χ1v) is 10.6. The summed E-state index contributed by atoms with van der Waals surface area (Å²) in [6.45, 7) is 7.83. The smallest absolute Gasteiger partial charge is 0.225 e. The van der Waals surface area contributed by atoms with E-state index in [0.717, 1.165) is 43.9 Å². The van der Waals surface area contributed by atoms with E-state index in [9.17, 15) is 9.59 Å². The first-order chi connectivity index (χ1) is 14.5. The molecule has 0 bridgehead atoms. The second-order valence-electron chi connectivity index (χ2n) is 8.17. The van der Waals surface area contributed by atoms with Gasteiger partial charge in [0, 0.05) is 45.8 Å². The molecule has 0 unspecified atom stereocenters. The first kappa shape index (κ1) is 20.4. The molecule has 2 aliphatic heterocycles. The number of piperazine rings is 1. The Hall–Kier alpha value is -2.92. The molecule has 4 rings (SSSR count). The largest absolute Gasteiger partial charge is 0.340 e. The lowest BCUT2D eigenvalue weighted by atomic mass is 9.93. The fourth-order valence-electron chi connectivity index (χ4n) is 4.39. The van der Waals surface area contributed by atoms with Crippen LogP contribution in [0.25, 0.3) is 6.08 Å². The predicted octanol–water partition coefficient (Wildman–Crippen LogP) is 3.60. The molecule has 0 N–H and O–H groups in total. The molecule has 0 aliphatic carbocycles. The third-order valence-corrected chi connectivity index (χ3v) is 6.22. The number of carbonyl (C=O) groups excluding carboxylic acids is 2. The quantitative estimate of drug-likeness (QED) is 0.783. The summed E-state index contributed by atoms with van der Waals surface area (Å²) in [5, 5.41) is 0. The average molecular weight is 404 g/mol. The van der Waals surface area contributed by atoms with Gasteiger partial charge in [-0.1, -0.05) is 48.5 Å². The van der Waals surface area contributed by atoms with Crippen LogP contribution in [0.4, 0.5) is 0 Å². The Morgan fingerprint density at radius 1 is 0.967 bits per heavy atom. The van der Waals surface area contributed by atoms with Crippen LogP contribution in [0.2, 0.25) is 0 Å². The summed E-state index contributed by atoms with van der Waals surface area (Å²) in [6.07, 6.45) is 4.07. The van der Waals surface area contributed by atoms with Gasteiger partial charge in [0.25, 0.3) is 0 Å². The fourth-order valence-corrected chi connectivity index (χ4v) is 4.39. The van der Waals surface area contributed by atoms with Gasteiger partial charge in [0.05, 0.1) is 12.5 Å². The van der Waals surface area contributed by atoms with Gasteiger partial charge in [-0.05, 0) is 35.3 Å². The summed E-state index contributed by atoms with van der Waals surface area (Å²) in [5.41, 5.74) is 4.78. The van der Waals surface area contributed by atoms with Gasteiger partial charge in [-0.25, -0.2) is 0 Å². The van der Waals surface area contributed by atoms with Crippen molar-refractivity contribution >= 4 is 17.9 Å². The minimum Gasteiger partial charge on any atom is -0.340 e. The summed E-state index contributed by atoms with van der Waals surface area (Å²) < 4.78 is 0. The van der Waals surface area contributed by atoms with Crippen LogP contribution in [0.5, 0.6) is 0 Å². The van der Waals surface area contributed by atoms with Crippen LogP contribution in [0.15, 0.2) is 54.7 Å². The van der Waals surface area contributed by atoms with Crippen LogP contribution in [0, 0.1) is 6.92 Å². The first-order valence-electron chi connectivity index (χ1n) is 10.6. The highest BCUT2D eigenvalue weighted by atomic mass is 16.2. The van der Waals surface area contributed by atoms with E-state index in [1.54, 1.807) is 11.8 Å². The van der Waals surface area contributed by atoms with E-state index in [1.165, 1.54) is 11.1 Å². The van der Waals surface area contributed by atoms with Gasteiger partial charge in [0.2, 0.25) is 11.8 Å². The molecule has 156 valence electrons. The monoisotopic (exact) mass is 403 g/mol. The van der Waals surface area contributed by atoms with Gasteiger partial charge in [0.15, 0.2) is 0 Å². The van der Waals surface area contributed by atoms with Crippen molar-refractivity contribution in [1.29, 1.82) is 0 Å². The number of hydrogen-bond acceptors (Lipinski definition) is 3. The number of benzene rings is 2. The van der Waals surface area contributed by atoms with Crippen molar-refractivity contribution in [2.45, 2.75) is 32.9 Å². The number of rotatable bonds is 4. The van der Waals surface area contributed by atoms with E-state index < -0.39 is 0 Å². The lowest BCUT2D eigenvalue weighted by Crippen LogP contribution is -2.49. The molecule has 1 fully saturated rings. The third kappa shape index (κ3) is 4.31. The van der Waals surface area contributed by atoms with Gasteiger partial charge in [-0.2, -0.15) is 0 Å². The Morgan fingerprint density at radius 2 is 1.67 bits per heavy atom. The predicted molar refractivity (Wildman–Crippen MR) is 118 cm³/mol. The van der Waals surface area contributed by atoms with E-state index in [4.69, 9.17) is 0 Å². The Balaban J connectivity index is 1.39. The van der Waals surface area contributed by atoms with Crippen molar-refractivity contribution in [2.24, 2.45) is 0 Å². The van der Waals surface area contributed by atoms with Crippen molar-refractivity contribution in [3.8, 4) is 0 Å². The second kappa shape index (κ2) is 8.84. The molecule has 0 radical (unpaired) electrons. The zero-order valence-electron chi connectivity index (χ0n) is 17.8. The molecule has 2 aromatic rings. The molecule has 5 heteroatoms. The maximum atomic E-state index is 13.1. The Labute approximate surface area is 178 Å². The Bertz CT molecular complexity index is 960. The standard InChI is InChI=1S/C25H29N3O2/c1-19-7-3-4-9-22(19)18-26-13-15-27(16-14-26)25(30)17-24-23-10-6-5-8-21(23)11-12-28(24)20(2)29/h3-12,24H,13-18H2,1-2H3/t24-/m1/s1. The number of fused-ring (bicyclic) bond motifs is 1. The molecule has 1 atom stereocenters. The van der Waals surface area contributed by atoms with Crippen LogP contribution < -0.4 is 0 Å². The average Bonchev–Trinajstić information content (AvgIpc) is 2.76. The van der Waals surface area contributed by atoms with Crippen LogP contribution in [-0.2, 0) is 16.1 Å². The topological polar surface area (TPSA) is 43.9 Å². The summed E-state index contributed by atoms with van der Waals surface area (Å²) in [4.78, 5) is 31.3. The molecular formula is C25H29N3O2. The SMILES string of the molecule is CC(=O)N1C=Cc2ccccc2[C@H]1CC(=O)N1CCN(Cc2ccccc2C)CC1. The Kier molecular flexibility index (Phi) is 6.00. The van der Waals surface area contributed by atoms with Crippen molar-refractivity contribution in [3.63, 3.8) is 0 Å². The molecule has 2 aromatic carbocycles. The van der Waals surface area contributed by atoms with E-state index in [-0.39, 0.29) is 17.9 Å². The van der Waals surface area contributed by atoms with Crippen molar-refractivity contribution in [2.75, 3.05) is 26.2 Å². The third-order valence-electron chi connectivity index (χ3n) is 6.22. The van der Waals surface area contributed by atoms with E-state index >= 15 is 0 Å². The molecule has 2 aliphatic rings. The lowest BCUT2D eigenvalue weighted by Gasteiger charge is -2.37. The Morgan fingerprint density at radius 3 is 2.40 bits per heavy atom. The molecule has 0 spiro atoms. The van der Waals surface area contributed by atoms with Gasteiger partial charge >= 0.3 is 0 Å². The second-order valence-corrected chi connectivity index (χ2v) is 8.17. The number of carbonyl (C=O) groups is 2.